The Morgan fingerprint density at radius 2 is 1.78 bits per heavy atom. The first-order valence-electron chi connectivity index (χ1n) is 5.60. The number of carbonyl (C=O) groups is 1. The zero-order valence-corrected chi connectivity index (χ0v) is 10.6. The lowest BCUT2D eigenvalue weighted by Crippen LogP contribution is -2.47. The molecule has 3 nitrogen and oxygen atoms in total. The van der Waals surface area contributed by atoms with Crippen molar-refractivity contribution in [3.05, 3.63) is 35.4 Å². The molecular weight excluding hydrogens is 262 g/mol. The van der Waals surface area contributed by atoms with Crippen LogP contribution >= 0.6 is 12.4 Å². The lowest BCUT2D eigenvalue weighted by atomic mass is 10.1. The second-order valence-corrected chi connectivity index (χ2v) is 4.01. The quantitative estimate of drug-likeness (QED) is 0.885. The van der Waals surface area contributed by atoms with E-state index >= 15 is 0 Å². The summed E-state index contributed by atoms with van der Waals surface area (Å²) in [4.78, 5) is 13.5. The fourth-order valence-corrected chi connectivity index (χ4v) is 1.88. The molecule has 18 heavy (non-hydrogen) atoms. The van der Waals surface area contributed by atoms with Gasteiger partial charge in [0.05, 0.1) is 6.42 Å². The molecule has 1 saturated heterocycles. The van der Waals surface area contributed by atoms with Crippen LogP contribution in [-0.2, 0) is 11.2 Å². The van der Waals surface area contributed by atoms with E-state index in [0.29, 0.717) is 13.1 Å². The van der Waals surface area contributed by atoms with Crippen LogP contribution in [0.1, 0.15) is 5.56 Å². The van der Waals surface area contributed by atoms with Crippen LogP contribution in [0.25, 0.3) is 0 Å². The third-order valence-corrected chi connectivity index (χ3v) is 2.86. The molecule has 1 N–H and O–H groups in total. The van der Waals surface area contributed by atoms with Crippen LogP contribution < -0.4 is 5.32 Å². The van der Waals surface area contributed by atoms with Crippen molar-refractivity contribution >= 4 is 18.3 Å². The van der Waals surface area contributed by atoms with Crippen LogP contribution in [0.4, 0.5) is 8.78 Å². The Labute approximate surface area is 111 Å². The van der Waals surface area contributed by atoms with Crippen LogP contribution in [0, 0.1) is 11.6 Å². The molecule has 0 radical (unpaired) electrons. The van der Waals surface area contributed by atoms with E-state index in [0.717, 1.165) is 13.1 Å². The number of rotatable bonds is 2. The van der Waals surface area contributed by atoms with Gasteiger partial charge in [-0.1, -0.05) is 6.07 Å². The molecule has 0 saturated carbocycles. The van der Waals surface area contributed by atoms with Crippen molar-refractivity contribution in [3.8, 4) is 0 Å². The Kier molecular flexibility index (Phi) is 5.50. The first-order valence-corrected chi connectivity index (χ1v) is 5.60. The molecule has 1 aromatic rings. The van der Waals surface area contributed by atoms with E-state index in [-0.39, 0.29) is 30.3 Å². The first-order chi connectivity index (χ1) is 8.18. The lowest BCUT2D eigenvalue weighted by molar-refractivity contribution is -0.131. The van der Waals surface area contributed by atoms with E-state index in [1.54, 1.807) is 4.90 Å². The van der Waals surface area contributed by atoms with E-state index in [2.05, 4.69) is 5.32 Å². The van der Waals surface area contributed by atoms with Gasteiger partial charge in [0.25, 0.3) is 0 Å². The topological polar surface area (TPSA) is 32.3 Å². The minimum atomic E-state index is -0.659. The Hall–Kier alpha value is -1.20. The molecule has 1 aliphatic rings. The van der Waals surface area contributed by atoms with Gasteiger partial charge in [0.2, 0.25) is 5.91 Å². The summed E-state index contributed by atoms with van der Waals surface area (Å²) in [6, 6.07) is 3.64. The van der Waals surface area contributed by atoms with Crippen molar-refractivity contribution < 1.29 is 13.6 Å². The molecule has 1 aromatic carbocycles. The summed E-state index contributed by atoms with van der Waals surface area (Å²) in [6.45, 7) is 2.64. The van der Waals surface area contributed by atoms with Crippen molar-refractivity contribution in [2.24, 2.45) is 0 Å². The molecule has 0 spiro atoms. The van der Waals surface area contributed by atoms with Gasteiger partial charge in [-0.3, -0.25) is 4.79 Å². The molecule has 2 rings (SSSR count). The zero-order chi connectivity index (χ0) is 12.3. The van der Waals surface area contributed by atoms with Gasteiger partial charge in [-0.2, -0.15) is 0 Å². The monoisotopic (exact) mass is 276 g/mol. The number of halogens is 3. The van der Waals surface area contributed by atoms with Gasteiger partial charge < -0.3 is 10.2 Å². The lowest BCUT2D eigenvalue weighted by Gasteiger charge is -2.27. The molecule has 0 unspecified atom stereocenters. The Morgan fingerprint density at radius 3 is 2.33 bits per heavy atom. The number of carbonyl (C=O) groups excluding carboxylic acids is 1. The largest absolute Gasteiger partial charge is 0.340 e. The van der Waals surface area contributed by atoms with Gasteiger partial charge in [0.1, 0.15) is 11.6 Å². The number of nitrogens with one attached hydrogen (secondary N) is 1. The molecule has 1 amide bonds. The average Bonchev–Trinajstić information content (AvgIpc) is 2.35. The minimum Gasteiger partial charge on any atom is -0.340 e. The van der Waals surface area contributed by atoms with Crippen molar-refractivity contribution in [2.45, 2.75) is 6.42 Å². The predicted octanol–water partition coefficient (Wildman–Crippen LogP) is 1.36. The summed E-state index contributed by atoms with van der Waals surface area (Å²) in [7, 11) is 0. The van der Waals surface area contributed by atoms with E-state index in [1.807, 2.05) is 0 Å². The van der Waals surface area contributed by atoms with E-state index in [9.17, 15) is 13.6 Å². The number of nitrogens with zero attached hydrogens (tertiary/aromatic N) is 1. The molecule has 1 aliphatic heterocycles. The Balaban J connectivity index is 0.00000162. The molecule has 1 fully saturated rings. The smallest absolute Gasteiger partial charge is 0.227 e. The van der Waals surface area contributed by atoms with Gasteiger partial charge in [0, 0.05) is 31.7 Å². The maximum Gasteiger partial charge on any atom is 0.227 e. The minimum absolute atomic E-state index is 0. The Morgan fingerprint density at radius 1 is 1.22 bits per heavy atom. The van der Waals surface area contributed by atoms with Crippen molar-refractivity contribution in [1.29, 1.82) is 0 Å². The second-order valence-electron chi connectivity index (χ2n) is 4.01. The van der Waals surface area contributed by atoms with Crippen LogP contribution in [0.5, 0.6) is 0 Å². The van der Waals surface area contributed by atoms with Gasteiger partial charge in [0.15, 0.2) is 0 Å². The second kappa shape index (κ2) is 6.66. The third kappa shape index (κ3) is 3.40. The van der Waals surface area contributed by atoms with E-state index in [1.165, 1.54) is 18.2 Å². The Bertz CT molecular complexity index is 402. The highest BCUT2D eigenvalue weighted by Crippen LogP contribution is 2.13. The first kappa shape index (κ1) is 14.9. The molecule has 0 atom stereocenters. The molecule has 1 heterocycles. The number of piperazine rings is 1. The molecular formula is C12H15ClF2N2O. The van der Waals surface area contributed by atoms with Gasteiger partial charge in [-0.05, 0) is 12.1 Å². The fourth-order valence-electron chi connectivity index (χ4n) is 1.88. The average molecular weight is 277 g/mol. The van der Waals surface area contributed by atoms with Gasteiger partial charge in [-0.25, -0.2) is 8.78 Å². The third-order valence-electron chi connectivity index (χ3n) is 2.86. The standard InChI is InChI=1S/C12H14F2N2O.ClH/c13-10-2-1-3-11(14)9(10)8-12(17)16-6-4-15-5-7-16;/h1-3,15H,4-8H2;1H. The van der Waals surface area contributed by atoms with Crippen LogP contribution in [0.15, 0.2) is 18.2 Å². The van der Waals surface area contributed by atoms with Gasteiger partial charge >= 0.3 is 0 Å². The van der Waals surface area contributed by atoms with Crippen LogP contribution in [0.3, 0.4) is 0 Å². The van der Waals surface area contributed by atoms with Gasteiger partial charge in [-0.15, -0.1) is 12.4 Å². The summed E-state index contributed by atoms with van der Waals surface area (Å²) < 4.78 is 26.7. The van der Waals surface area contributed by atoms with Crippen molar-refractivity contribution in [2.75, 3.05) is 26.2 Å². The maximum absolute atomic E-state index is 13.4. The number of benzene rings is 1. The predicted molar refractivity (Wildman–Crippen MR) is 66.8 cm³/mol. The number of amides is 1. The maximum atomic E-state index is 13.4. The van der Waals surface area contributed by atoms with Crippen molar-refractivity contribution in [1.82, 2.24) is 10.2 Å². The highest BCUT2D eigenvalue weighted by atomic mass is 35.5. The summed E-state index contributed by atoms with van der Waals surface area (Å²) in [5.74, 6) is -1.54. The molecule has 0 aliphatic carbocycles. The molecule has 100 valence electrons. The number of hydrogen-bond acceptors (Lipinski definition) is 2. The number of hydrogen-bond donors (Lipinski definition) is 1. The zero-order valence-electron chi connectivity index (χ0n) is 9.79. The normalized spacial score (nSPS) is 15.1. The van der Waals surface area contributed by atoms with E-state index in [4.69, 9.17) is 0 Å². The summed E-state index contributed by atoms with van der Waals surface area (Å²) >= 11 is 0. The fraction of sp³-hybridized carbons (Fsp3) is 0.417. The highest BCUT2D eigenvalue weighted by molar-refractivity contribution is 5.85. The van der Waals surface area contributed by atoms with Crippen molar-refractivity contribution in [3.63, 3.8) is 0 Å². The SMILES string of the molecule is Cl.O=C(Cc1c(F)cccc1F)N1CCNCC1. The summed E-state index contributed by atoms with van der Waals surface area (Å²) in [5.41, 5.74) is -0.143. The summed E-state index contributed by atoms with van der Waals surface area (Å²) in [5, 5.41) is 3.11. The van der Waals surface area contributed by atoms with Crippen LogP contribution in [-0.4, -0.2) is 37.0 Å². The van der Waals surface area contributed by atoms with E-state index < -0.39 is 11.6 Å². The molecule has 6 heteroatoms. The molecule has 0 bridgehead atoms. The van der Waals surface area contributed by atoms with Crippen LogP contribution in [0.2, 0.25) is 0 Å². The highest BCUT2D eigenvalue weighted by Gasteiger charge is 2.19. The molecule has 0 aromatic heterocycles. The summed E-state index contributed by atoms with van der Waals surface area (Å²) in [6.07, 6.45) is -0.210.